The monoisotopic (exact) mass is 395 g/mol. The van der Waals surface area contributed by atoms with Crippen LogP contribution < -0.4 is 9.47 Å². The van der Waals surface area contributed by atoms with Crippen LogP contribution in [0.25, 0.3) is 0 Å². The first-order valence-electron chi connectivity index (χ1n) is 10.8. The number of hydrogen-bond donors (Lipinski definition) is 0. The van der Waals surface area contributed by atoms with Gasteiger partial charge in [-0.05, 0) is 79.4 Å². The SMILES string of the molecule is COc1cc2c(cc1OC)C(OC)C(CC1CCN(Cc3ccccc3)CC1)C2. The molecule has 4 heteroatoms. The molecule has 0 N–H and O–H groups in total. The van der Waals surface area contributed by atoms with Crippen LogP contribution in [0.15, 0.2) is 42.5 Å². The molecule has 156 valence electrons. The molecule has 2 aliphatic rings. The highest BCUT2D eigenvalue weighted by atomic mass is 16.5. The second-order valence-corrected chi connectivity index (χ2v) is 8.47. The van der Waals surface area contributed by atoms with E-state index in [1.54, 1.807) is 14.2 Å². The van der Waals surface area contributed by atoms with Gasteiger partial charge in [-0.15, -0.1) is 0 Å². The maximum Gasteiger partial charge on any atom is 0.161 e. The highest BCUT2D eigenvalue weighted by Gasteiger charge is 2.36. The minimum atomic E-state index is 0.159. The molecule has 1 aliphatic heterocycles. The summed E-state index contributed by atoms with van der Waals surface area (Å²) in [5, 5.41) is 0. The Labute approximate surface area is 174 Å². The van der Waals surface area contributed by atoms with E-state index in [-0.39, 0.29) is 6.10 Å². The quantitative estimate of drug-likeness (QED) is 0.669. The van der Waals surface area contributed by atoms with Crippen molar-refractivity contribution in [2.24, 2.45) is 11.8 Å². The maximum absolute atomic E-state index is 5.96. The molecular weight excluding hydrogens is 362 g/mol. The van der Waals surface area contributed by atoms with Crippen molar-refractivity contribution in [2.75, 3.05) is 34.4 Å². The molecule has 1 fully saturated rings. The Balaban J connectivity index is 1.36. The predicted molar refractivity (Wildman–Crippen MR) is 116 cm³/mol. The molecule has 4 rings (SSSR count). The fraction of sp³-hybridized carbons (Fsp3) is 0.520. The van der Waals surface area contributed by atoms with E-state index in [1.807, 2.05) is 7.11 Å². The molecule has 0 spiro atoms. The van der Waals surface area contributed by atoms with Crippen molar-refractivity contribution in [2.45, 2.75) is 38.3 Å². The first-order valence-corrected chi connectivity index (χ1v) is 10.8. The van der Waals surface area contributed by atoms with Gasteiger partial charge in [0, 0.05) is 13.7 Å². The summed E-state index contributed by atoms with van der Waals surface area (Å²) in [6.07, 6.45) is 5.02. The summed E-state index contributed by atoms with van der Waals surface area (Å²) >= 11 is 0. The maximum atomic E-state index is 5.96. The number of likely N-dealkylation sites (tertiary alicyclic amines) is 1. The number of piperidine rings is 1. The van der Waals surface area contributed by atoms with Crippen LogP contribution in [0, 0.1) is 11.8 Å². The van der Waals surface area contributed by atoms with Gasteiger partial charge in [0.1, 0.15) is 0 Å². The Morgan fingerprint density at radius 1 is 0.931 bits per heavy atom. The third-order valence-corrected chi connectivity index (χ3v) is 6.71. The van der Waals surface area contributed by atoms with E-state index in [0.717, 1.165) is 30.4 Å². The molecule has 0 amide bonds. The Kier molecular flexibility index (Phi) is 6.41. The fourth-order valence-electron chi connectivity index (χ4n) is 5.20. The van der Waals surface area contributed by atoms with Gasteiger partial charge in [-0.2, -0.15) is 0 Å². The first kappa shape index (κ1) is 20.2. The number of hydrogen-bond acceptors (Lipinski definition) is 4. The fourth-order valence-corrected chi connectivity index (χ4v) is 5.20. The Morgan fingerprint density at radius 2 is 1.62 bits per heavy atom. The number of methoxy groups -OCH3 is 3. The van der Waals surface area contributed by atoms with E-state index in [0.29, 0.717) is 5.92 Å². The Bertz CT molecular complexity index is 799. The van der Waals surface area contributed by atoms with Crippen LogP contribution in [0.1, 0.15) is 42.1 Å². The zero-order valence-corrected chi connectivity index (χ0v) is 17.9. The lowest BCUT2D eigenvalue weighted by Gasteiger charge is -2.34. The second kappa shape index (κ2) is 9.19. The number of rotatable bonds is 7. The van der Waals surface area contributed by atoms with Gasteiger partial charge in [0.05, 0.1) is 20.3 Å². The van der Waals surface area contributed by atoms with Crippen LogP contribution in [0.4, 0.5) is 0 Å². The topological polar surface area (TPSA) is 30.9 Å². The summed E-state index contributed by atoms with van der Waals surface area (Å²) in [7, 11) is 5.24. The lowest BCUT2D eigenvalue weighted by Crippen LogP contribution is -2.34. The van der Waals surface area contributed by atoms with Gasteiger partial charge in [0.25, 0.3) is 0 Å². The van der Waals surface area contributed by atoms with Gasteiger partial charge < -0.3 is 14.2 Å². The van der Waals surface area contributed by atoms with E-state index in [1.165, 1.54) is 49.0 Å². The minimum absolute atomic E-state index is 0.159. The standard InChI is InChI=1S/C25H33NO3/c1-27-23-15-20-14-21(25(29-3)22(20)16-24(23)28-2)13-18-9-11-26(12-10-18)17-19-7-5-4-6-8-19/h4-8,15-16,18,21,25H,9-14,17H2,1-3H3. The summed E-state index contributed by atoms with van der Waals surface area (Å²) in [5.74, 6) is 2.93. The average Bonchev–Trinajstić information content (AvgIpc) is 3.10. The Hall–Kier alpha value is -2.04. The summed E-state index contributed by atoms with van der Waals surface area (Å²) in [4.78, 5) is 2.60. The van der Waals surface area contributed by atoms with E-state index >= 15 is 0 Å². The highest BCUT2D eigenvalue weighted by Crippen LogP contribution is 2.46. The predicted octanol–water partition coefficient (Wildman–Crippen LogP) is 4.87. The molecule has 0 aromatic heterocycles. The zero-order valence-electron chi connectivity index (χ0n) is 17.9. The lowest BCUT2D eigenvalue weighted by molar-refractivity contribution is 0.0451. The van der Waals surface area contributed by atoms with Crippen molar-refractivity contribution in [3.63, 3.8) is 0 Å². The molecule has 29 heavy (non-hydrogen) atoms. The van der Waals surface area contributed by atoms with Crippen LogP contribution >= 0.6 is 0 Å². The molecule has 2 unspecified atom stereocenters. The van der Waals surface area contributed by atoms with Crippen molar-refractivity contribution in [3.8, 4) is 11.5 Å². The summed E-state index contributed by atoms with van der Waals surface area (Å²) in [6.45, 7) is 3.46. The molecule has 1 heterocycles. The molecule has 2 aromatic carbocycles. The van der Waals surface area contributed by atoms with Gasteiger partial charge >= 0.3 is 0 Å². The van der Waals surface area contributed by atoms with Crippen LogP contribution in [-0.2, 0) is 17.7 Å². The third-order valence-electron chi connectivity index (χ3n) is 6.71. The van der Waals surface area contributed by atoms with Crippen LogP contribution in [0.3, 0.4) is 0 Å². The van der Waals surface area contributed by atoms with E-state index in [4.69, 9.17) is 14.2 Å². The van der Waals surface area contributed by atoms with E-state index in [9.17, 15) is 0 Å². The van der Waals surface area contributed by atoms with E-state index < -0.39 is 0 Å². The molecule has 2 aromatic rings. The highest BCUT2D eigenvalue weighted by molar-refractivity contribution is 5.50. The molecule has 0 radical (unpaired) electrons. The van der Waals surface area contributed by atoms with Gasteiger partial charge in [0.15, 0.2) is 11.5 Å². The third kappa shape index (κ3) is 4.44. The minimum Gasteiger partial charge on any atom is -0.493 e. The van der Waals surface area contributed by atoms with Crippen molar-refractivity contribution in [1.29, 1.82) is 0 Å². The average molecular weight is 396 g/mol. The van der Waals surface area contributed by atoms with Crippen molar-refractivity contribution in [3.05, 3.63) is 59.2 Å². The van der Waals surface area contributed by atoms with Gasteiger partial charge in [-0.25, -0.2) is 0 Å². The normalized spacial score (nSPS) is 22.4. The first-order chi connectivity index (χ1) is 14.2. The number of nitrogens with zero attached hydrogens (tertiary/aromatic N) is 1. The van der Waals surface area contributed by atoms with Crippen molar-refractivity contribution < 1.29 is 14.2 Å². The molecule has 1 saturated heterocycles. The largest absolute Gasteiger partial charge is 0.493 e. The van der Waals surface area contributed by atoms with Gasteiger partial charge in [-0.1, -0.05) is 30.3 Å². The van der Waals surface area contributed by atoms with Crippen molar-refractivity contribution in [1.82, 2.24) is 4.90 Å². The molecule has 4 nitrogen and oxygen atoms in total. The molecule has 0 bridgehead atoms. The summed E-state index contributed by atoms with van der Waals surface area (Å²) in [5.41, 5.74) is 4.04. The van der Waals surface area contributed by atoms with Gasteiger partial charge in [-0.3, -0.25) is 4.90 Å². The van der Waals surface area contributed by atoms with Crippen LogP contribution in [0.5, 0.6) is 11.5 Å². The second-order valence-electron chi connectivity index (χ2n) is 8.47. The Morgan fingerprint density at radius 3 is 2.28 bits per heavy atom. The van der Waals surface area contributed by atoms with Crippen molar-refractivity contribution >= 4 is 0 Å². The van der Waals surface area contributed by atoms with E-state index in [2.05, 4.69) is 47.4 Å². The molecular formula is C25H33NO3. The molecule has 1 aliphatic carbocycles. The summed E-state index contributed by atoms with van der Waals surface area (Å²) in [6, 6.07) is 15.1. The lowest BCUT2D eigenvalue weighted by atomic mass is 9.85. The molecule has 2 atom stereocenters. The van der Waals surface area contributed by atoms with Gasteiger partial charge in [0.2, 0.25) is 0 Å². The number of ether oxygens (including phenoxy) is 3. The number of fused-ring (bicyclic) bond motifs is 1. The van der Waals surface area contributed by atoms with Crippen LogP contribution in [0.2, 0.25) is 0 Å². The number of benzene rings is 2. The smallest absolute Gasteiger partial charge is 0.161 e. The summed E-state index contributed by atoms with van der Waals surface area (Å²) < 4.78 is 17.0. The molecule has 0 saturated carbocycles. The van der Waals surface area contributed by atoms with Crippen LogP contribution in [-0.4, -0.2) is 39.3 Å². The zero-order chi connectivity index (χ0) is 20.2.